The minimum Gasteiger partial charge on any atom is -0.497 e. The normalized spacial score (nSPS) is 24.4. The molecular weight excluding hydrogens is 216 g/mol. The maximum absolute atomic E-state index is 11.6. The number of esters is 1. The lowest BCUT2D eigenvalue weighted by molar-refractivity contribution is -0.147. The van der Waals surface area contributed by atoms with Gasteiger partial charge in [-0.2, -0.15) is 0 Å². The highest BCUT2D eigenvalue weighted by atomic mass is 16.5. The molecule has 3 heteroatoms. The number of hydrogen-bond acceptors (Lipinski definition) is 3. The summed E-state index contributed by atoms with van der Waals surface area (Å²) in [7, 11) is 1.63. The zero-order valence-corrected chi connectivity index (χ0v) is 10.1. The van der Waals surface area contributed by atoms with E-state index in [1.807, 2.05) is 31.2 Å². The van der Waals surface area contributed by atoms with Crippen LogP contribution < -0.4 is 4.74 Å². The van der Waals surface area contributed by atoms with Crippen LogP contribution in [0.2, 0.25) is 0 Å². The van der Waals surface area contributed by atoms with Crippen molar-refractivity contribution in [2.75, 3.05) is 7.11 Å². The second kappa shape index (κ2) is 4.62. The summed E-state index contributed by atoms with van der Waals surface area (Å²) in [6.07, 6.45) is 0.733. The molecule has 1 aromatic carbocycles. The van der Waals surface area contributed by atoms with Crippen molar-refractivity contribution >= 4 is 5.97 Å². The van der Waals surface area contributed by atoms with E-state index in [9.17, 15) is 4.79 Å². The summed E-state index contributed by atoms with van der Waals surface area (Å²) < 4.78 is 10.2. The van der Waals surface area contributed by atoms with Crippen LogP contribution in [-0.4, -0.2) is 19.2 Å². The van der Waals surface area contributed by atoms with Crippen LogP contribution in [0.3, 0.4) is 0 Å². The van der Waals surface area contributed by atoms with E-state index in [1.165, 1.54) is 0 Å². The molecule has 1 saturated heterocycles. The molecule has 0 radical (unpaired) electrons. The van der Waals surface area contributed by atoms with Gasteiger partial charge in [-0.1, -0.05) is 18.7 Å². The maximum Gasteiger partial charge on any atom is 0.334 e. The van der Waals surface area contributed by atoms with Gasteiger partial charge in [0.1, 0.15) is 11.9 Å². The molecule has 0 aliphatic carbocycles. The molecule has 2 rings (SSSR count). The van der Waals surface area contributed by atoms with Crippen molar-refractivity contribution in [3.05, 3.63) is 42.0 Å². The van der Waals surface area contributed by atoms with Crippen molar-refractivity contribution in [1.82, 2.24) is 0 Å². The molecule has 0 aromatic heterocycles. The van der Waals surface area contributed by atoms with Crippen molar-refractivity contribution < 1.29 is 14.3 Å². The second-order valence-corrected chi connectivity index (χ2v) is 4.30. The third-order valence-electron chi connectivity index (χ3n) is 3.08. The van der Waals surface area contributed by atoms with E-state index >= 15 is 0 Å². The van der Waals surface area contributed by atoms with Crippen LogP contribution in [0.1, 0.15) is 24.8 Å². The van der Waals surface area contributed by atoms with Crippen LogP contribution in [0.4, 0.5) is 0 Å². The summed E-state index contributed by atoms with van der Waals surface area (Å²) >= 11 is 0. The number of rotatable bonds is 2. The fraction of sp³-hybridized carbons (Fsp3) is 0.357. The average Bonchev–Trinajstić information content (AvgIpc) is 2.34. The zero-order valence-electron chi connectivity index (χ0n) is 10.1. The van der Waals surface area contributed by atoms with Gasteiger partial charge in [0.05, 0.1) is 7.11 Å². The van der Waals surface area contributed by atoms with E-state index in [0.29, 0.717) is 5.57 Å². The minimum absolute atomic E-state index is 0.0529. The van der Waals surface area contributed by atoms with E-state index in [2.05, 4.69) is 6.58 Å². The Labute approximate surface area is 101 Å². The molecule has 1 aromatic rings. The summed E-state index contributed by atoms with van der Waals surface area (Å²) in [5, 5.41) is 0. The summed E-state index contributed by atoms with van der Waals surface area (Å²) in [5.74, 6) is 0.576. The van der Waals surface area contributed by atoms with E-state index in [0.717, 1.165) is 17.7 Å². The van der Waals surface area contributed by atoms with Gasteiger partial charge in [-0.3, -0.25) is 0 Å². The smallest absolute Gasteiger partial charge is 0.334 e. The minimum atomic E-state index is -0.287. The summed E-state index contributed by atoms with van der Waals surface area (Å²) in [6.45, 7) is 5.73. The molecule has 2 unspecified atom stereocenters. The van der Waals surface area contributed by atoms with E-state index in [4.69, 9.17) is 9.47 Å². The van der Waals surface area contributed by atoms with Crippen LogP contribution in [0.25, 0.3) is 0 Å². The van der Waals surface area contributed by atoms with Gasteiger partial charge in [0.2, 0.25) is 0 Å². The van der Waals surface area contributed by atoms with Gasteiger partial charge >= 0.3 is 5.97 Å². The average molecular weight is 232 g/mol. The molecular formula is C14H16O3. The third kappa shape index (κ3) is 2.33. The first kappa shape index (κ1) is 11.7. The standard InChI is InChI=1S/C14H16O3/c1-9-8-13(10(2)14(15)17-9)11-4-6-12(16-3)7-5-11/h4-7,9,13H,2,8H2,1,3H3. The molecule has 0 spiro atoms. The monoisotopic (exact) mass is 232 g/mol. The molecule has 0 saturated carbocycles. The molecule has 0 N–H and O–H groups in total. The molecule has 1 fully saturated rings. The first-order valence-electron chi connectivity index (χ1n) is 5.65. The number of carbonyl (C=O) groups is 1. The lowest BCUT2D eigenvalue weighted by Crippen LogP contribution is -2.28. The van der Waals surface area contributed by atoms with Crippen molar-refractivity contribution in [1.29, 1.82) is 0 Å². The van der Waals surface area contributed by atoms with Gasteiger partial charge in [-0.05, 0) is 31.0 Å². The molecule has 0 amide bonds. The highest BCUT2D eigenvalue weighted by Gasteiger charge is 2.30. The molecule has 1 aliphatic heterocycles. The van der Waals surface area contributed by atoms with Gasteiger partial charge < -0.3 is 9.47 Å². The van der Waals surface area contributed by atoms with Crippen molar-refractivity contribution in [2.24, 2.45) is 0 Å². The molecule has 1 heterocycles. The number of cyclic esters (lactones) is 1. The van der Waals surface area contributed by atoms with Crippen molar-refractivity contribution in [3.8, 4) is 5.75 Å². The molecule has 3 nitrogen and oxygen atoms in total. The summed E-state index contributed by atoms with van der Waals surface area (Å²) in [6, 6.07) is 7.74. The number of methoxy groups -OCH3 is 1. The van der Waals surface area contributed by atoms with Crippen LogP contribution >= 0.6 is 0 Å². The SMILES string of the molecule is C=C1C(=O)OC(C)CC1c1ccc(OC)cc1. The van der Waals surface area contributed by atoms with Crippen LogP contribution in [0.15, 0.2) is 36.4 Å². The first-order valence-corrected chi connectivity index (χ1v) is 5.65. The Morgan fingerprint density at radius 1 is 1.35 bits per heavy atom. The fourth-order valence-electron chi connectivity index (χ4n) is 2.10. The number of benzene rings is 1. The molecule has 90 valence electrons. The van der Waals surface area contributed by atoms with Crippen molar-refractivity contribution in [2.45, 2.75) is 25.4 Å². The number of carbonyl (C=O) groups excluding carboxylic acids is 1. The molecule has 0 bridgehead atoms. The molecule has 17 heavy (non-hydrogen) atoms. The zero-order chi connectivity index (χ0) is 12.4. The van der Waals surface area contributed by atoms with E-state index in [1.54, 1.807) is 7.11 Å². The van der Waals surface area contributed by atoms with Gasteiger partial charge in [-0.15, -0.1) is 0 Å². The summed E-state index contributed by atoms with van der Waals surface area (Å²) in [4.78, 5) is 11.6. The Hall–Kier alpha value is -1.77. The second-order valence-electron chi connectivity index (χ2n) is 4.30. The predicted octanol–water partition coefficient (Wildman–Crippen LogP) is 2.67. The van der Waals surface area contributed by atoms with Gasteiger partial charge in [0.25, 0.3) is 0 Å². The van der Waals surface area contributed by atoms with Crippen LogP contribution in [0, 0.1) is 0 Å². The fourth-order valence-corrected chi connectivity index (χ4v) is 2.10. The number of ether oxygens (including phenoxy) is 2. The Morgan fingerprint density at radius 2 is 2.00 bits per heavy atom. The van der Waals surface area contributed by atoms with Gasteiger partial charge in [0, 0.05) is 11.5 Å². The lowest BCUT2D eigenvalue weighted by atomic mass is 9.85. The lowest BCUT2D eigenvalue weighted by Gasteiger charge is -2.28. The molecule has 1 aliphatic rings. The Bertz CT molecular complexity index is 433. The Morgan fingerprint density at radius 3 is 2.59 bits per heavy atom. The highest BCUT2D eigenvalue weighted by Crippen LogP contribution is 2.34. The summed E-state index contributed by atoms with van der Waals surface area (Å²) in [5.41, 5.74) is 1.62. The van der Waals surface area contributed by atoms with Gasteiger partial charge in [0.15, 0.2) is 0 Å². The van der Waals surface area contributed by atoms with Crippen LogP contribution in [-0.2, 0) is 9.53 Å². The van der Waals surface area contributed by atoms with Crippen molar-refractivity contribution in [3.63, 3.8) is 0 Å². The Kier molecular flexibility index (Phi) is 3.18. The van der Waals surface area contributed by atoms with Gasteiger partial charge in [-0.25, -0.2) is 4.79 Å². The van der Waals surface area contributed by atoms with E-state index < -0.39 is 0 Å². The largest absolute Gasteiger partial charge is 0.497 e. The predicted molar refractivity (Wildman–Crippen MR) is 65.0 cm³/mol. The topological polar surface area (TPSA) is 35.5 Å². The van der Waals surface area contributed by atoms with E-state index in [-0.39, 0.29) is 18.0 Å². The number of hydrogen-bond donors (Lipinski definition) is 0. The maximum atomic E-state index is 11.6. The Balaban J connectivity index is 2.25. The van der Waals surface area contributed by atoms with Crippen LogP contribution in [0.5, 0.6) is 5.75 Å². The third-order valence-corrected chi connectivity index (χ3v) is 3.08. The quantitative estimate of drug-likeness (QED) is 0.581. The molecule has 2 atom stereocenters. The highest BCUT2D eigenvalue weighted by molar-refractivity contribution is 5.90. The first-order chi connectivity index (χ1) is 8.11.